The Balaban J connectivity index is 1.94. The van der Waals surface area contributed by atoms with Gasteiger partial charge in [0.25, 0.3) is 0 Å². The fourth-order valence-corrected chi connectivity index (χ4v) is 3.47. The summed E-state index contributed by atoms with van der Waals surface area (Å²) in [4.78, 5) is 23.8. The number of esters is 2. The van der Waals surface area contributed by atoms with Crippen molar-refractivity contribution >= 4 is 11.9 Å². The number of para-hydroxylation sites is 1. The number of aryl methyl sites for hydroxylation is 1. The lowest BCUT2D eigenvalue weighted by Gasteiger charge is -2.08. The van der Waals surface area contributed by atoms with Gasteiger partial charge in [0.15, 0.2) is 0 Å². The Morgan fingerprint density at radius 2 is 1.27 bits per heavy atom. The Labute approximate surface area is 183 Å². The minimum absolute atomic E-state index is 0.219. The van der Waals surface area contributed by atoms with Crippen molar-refractivity contribution in [2.75, 3.05) is 6.61 Å². The van der Waals surface area contributed by atoms with E-state index in [9.17, 15) is 9.59 Å². The van der Waals surface area contributed by atoms with E-state index in [1.54, 1.807) is 6.07 Å². The summed E-state index contributed by atoms with van der Waals surface area (Å²) in [5.41, 5.74) is 1.01. The van der Waals surface area contributed by atoms with E-state index in [0.29, 0.717) is 18.8 Å². The van der Waals surface area contributed by atoms with Gasteiger partial charge in [0.2, 0.25) is 0 Å². The average molecular weight is 419 g/mol. The zero-order valence-electron chi connectivity index (χ0n) is 19.3. The fraction of sp³-hybridized carbons (Fsp3) is 0.692. The van der Waals surface area contributed by atoms with Gasteiger partial charge in [-0.15, -0.1) is 0 Å². The molecule has 0 aliphatic heterocycles. The monoisotopic (exact) mass is 418 g/mol. The van der Waals surface area contributed by atoms with Gasteiger partial charge < -0.3 is 9.47 Å². The van der Waals surface area contributed by atoms with Crippen molar-refractivity contribution in [3.8, 4) is 5.75 Å². The summed E-state index contributed by atoms with van der Waals surface area (Å²) in [5, 5.41) is 0. The lowest BCUT2D eigenvalue weighted by molar-refractivity contribution is -0.144. The second kappa shape index (κ2) is 18.0. The molecule has 1 rings (SSSR count). The van der Waals surface area contributed by atoms with E-state index in [-0.39, 0.29) is 24.8 Å². The second-order valence-electron chi connectivity index (χ2n) is 8.04. The number of hydrogen-bond acceptors (Lipinski definition) is 4. The molecule has 0 aromatic heterocycles. The van der Waals surface area contributed by atoms with Crippen LogP contribution in [0.15, 0.2) is 24.3 Å². The molecule has 30 heavy (non-hydrogen) atoms. The molecule has 0 amide bonds. The summed E-state index contributed by atoms with van der Waals surface area (Å²) in [7, 11) is 0. The summed E-state index contributed by atoms with van der Waals surface area (Å²) in [6.45, 7) is 4.77. The van der Waals surface area contributed by atoms with Crippen LogP contribution >= 0.6 is 0 Å². The third-order valence-corrected chi connectivity index (χ3v) is 5.35. The molecule has 0 saturated carbocycles. The van der Waals surface area contributed by atoms with Crippen LogP contribution in [0.5, 0.6) is 5.75 Å². The van der Waals surface area contributed by atoms with Crippen LogP contribution in [0.25, 0.3) is 0 Å². The molecule has 1 aromatic rings. The van der Waals surface area contributed by atoms with Crippen LogP contribution in [0.1, 0.15) is 109 Å². The van der Waals surface area contributed by atoms with Crippen molar-refractivity contribution in [3.63, 3.8) is 0 Å². The quantitative estimate of drug-likeness (QED) is 0.144. The highest BCUT2D eigenvalue weighted by Gasteiger charge is 2.10. The van der Waals surface area contributed by atoms with Crippen LogP contribution in [0.3, 0.4) is 0 Å². The molecule has 0 N–H and O–H groups in total. The Kier molecular flexibility index (Phi) is 15.7. The standard InChI is InChI=1S/C26H42O4/c1-3-5-6-7-8-9-10-11-12-13-16-22-29-25(27)20-17-21-26(28)30-24-19-15-14-18-23(24)4-2/h14-15,18-19H,3-13,16-17,20-22H2,1-2H3. The molecule has 0 radical (unpaired) electrons. The number of unbranched alkanes of at least 4 members (excludes halogenated alkanes) is 10. The zero-order chi connectivity index (χ0) is 21.9. The van der Waals surface area contributed by atoms with Crippen molar-refractivity contribution in [2.45, 2.75) is 110 Å². The van der Waals surface area contributed by atoms with E-state index in [2.05, 4.69) is 6.92 Å². The number of carbonyl (C=O) groups is 2. The molecule has 0 bridgehead atoms. The van der Waals surface area contributed by atoms with Crippen molar-refractivity contribution in [1.82, 2.24) is 0 Å². The van der Waals surface area contributed by atoms with Crippen LogP contribution in [0, 0.1) is 0 Å². The number of ether oxygens (including phenoxy) is 2. The summed E-state index contributed by atoms with van der Waals surface area (Å²) >= 11 is 0. The number of carbonyl (C=O) groups excluding carboxylic acids is 2. The molecule has 0 fully saturated rings. The van der Waals surface area contributed by atoms with Crippen molar-refractivity contribution in [3.05, 3.63) is 29.8 Å². The van der Waals surface area contributed by atoms with E-state index in [1.165, 1.54) is 57.8 Å². The zero-order valence-corrected chi connectivity index (χ0v) is 19.3. The normalized spacial score (nSPS) is 10.7. The number of benzene rings is 1. The maximum Gasteiger partial charge on any atom is 0.311 e. The SMILES string of the molecule is CCCCCCCCCCCCCOC(=O)CCCC(=O)Oc1ccccc1CC. The molecule has 0 saturated heterocycles. The third-order valence-electron chi connectivity index (χ3n) is 5.35. The minimum atomic E-state index is -0.297. The molecule has 0 aliphatic carbocycles. The lowest BCUT2D eigenvalue weighted by atomic mass is 10.1. The van der Waals surface area contributed by atoms with Gasteiger partial charge >= 0.3 is 11.9 Å². The number of rotatable bonds is 18. The predicted molar refractivity (Wildman–Crippen MR) is 123 cm³/mol. The van der Waals surface area contributed by atoms with Crippen molar-refractivity contribution in [1.29, 1.82) is 0 Å². The minimum Gasteiger partial charge on any atom is -0.466 e. The molecule has 4 nitrogen and oxygen atoms in total. The summed E-state index contributed by atoms with van der Waals surface area (Å²) in [6.07, 6.45) is 15.8. The first-order chi connectivity index (χ1) is 14.7. The fourth-order valence-electron chi connectivity index (χ4n) is 3.47. The highest BCUT2D eigenvalue weighted by atomic mass is 16.5. The van der Waals surface area contributed by atoms with E-state index >= 15 is 0 Å². The smallest absolute Gasteiger partial charge is 0.311 e. The van der Waals surface area contributed by atoms with E-state index in [0.717, 1.165) is 24.8 Å². The molecule has 0 atom stereocenters. The first-order valence-corrected chi connectivity index (χ1v) is 12.1. The maximum absolute atomic E-state index is 12.0. The number of hydrogen-bond donors (Lipinski definition) is 0. The molecule has 170 valence electrons. The molecular weight excluding hydrogens is 376 g/mol. The first kappa shape index (κ1) is 26.2. The first-order valence-electron chi connectivity index (χ1n) is 12.1. The lowest BCUT2D eigenvalue weighted by Crippen LogP contribution is -2.11. The van der Waals surface area contributed by atoms with Gasteiger partial charge in [0, 0.05) is 12.8 Å². The van der Waals surface area contributed by atoms with Gasteiger partial charge in [0.05, 0.1) is 6.61 Å². The summed E-state index contributed by atoms with van der Waals surface area (Å²) < 4.78 is 10.7. The molecule has 0 heterocycles. The third kappa shape index (κ3) is 13.4. The van der Waals surface area contributed by atoms with Gasteiger partial charge in [-0.2, -0.15) is 0 Å². The second-order valence-corrected chi connectivity index (χ2v) is 8.04. The van der Waals surface area contributed by atoms with Gasteiger partial charge in [-0.05, 0) is 30.9 Å². The molecule has 0 unspecified atom stereocenters. The molecule has 0 aliphatic rings. The largest absolute Gasteiger partial charge is 0.466 e. The predicted octanol–water partition coefficient (Wildman–Crippen LogP) is 7.18. The highest BCUT2D eigenvalue weighted by Crippen LogP contribution is 2.19. The Morgan fingerprint density at radius 1 is 0.700 bits per heavy atom. The average Bonchev–Trinajstić information content (AvgIpc) is 2.75. The Hall–Kier alpha value is -1.84. The highest BCUT2D eigenvalue weighted by molar-refractivity contribution is 5.74. The molecule has 0 spiro atoms. The molecular formula is C26H42O4. The van der Waals surface area contributed by atoms with Crippen molar-refractivity contribution < 1.29 is 19.1 Å². The summed E-state index contributed by atoms with van der Waals surface area (Å²) in [6, 6.07) is 7.54. The van der Waals surface area contributed by atoms with Gasteiger partial charge in [-0.3, -0.25) is 9.59 Å². The molecule has 1 aromatic carbocycles. The Morgan fingerprint density at radius 3 is 1.90 bits per heavy atom. The van der Waals surface area contributed by atoms with Crippen LogP contribution in [-0.2, 0) is 20.7 Å². The van der Waals surface area contributed by atoms with Crippen LogP contribution < -0.4 is 4.74 Å². The van der Waals surface area contributed by atoms with Gasteiger partial charge in [-0.25, -0.2) is 0 Å². The topological polar surface area (TPSA) is 52.6 Å². The summed E-state index contributed by atoms with van der Waals surface area (Å²) in [5.74, 6) is 0.0990. The van der Waals surface area contributed by atoms with Crippen LogP contribution in [0.4, 0.5) is 0 Å². The molecule has 4 heteroatoms. The van der Waals surface area contributed by atoms with Crippen molar-refractivity contribution in [2.24, 2.45) is 0 Å². The van der Waals surface area contributed by atoms with Gasteiger partial charge in [0.1, 0.15) is 5.75 Å². The van der Waals surface area contributed by atoms with E-state index in [4.69, 9.17) is 9.47 Å². The van der Waals surface area contributed by atoms with E-state index < -0.39 is 0 Å². The van der Waals surface area contributed by atoms with E-state index in [1.807, 2.05) is 25.1 Å². The van der Waals surface area contributed by atoms with Crippen LogP contribution in [-0.4, -0.2) is 18.5 Å². The van der Waals surface area contributed by atoms with Gasteiger partial charge in [-0.1, -0.05) is 96.3 Å². The Bertz CT molecular complexity index is 582. The maximum atomic E-state index is 12.0. The van der Waals surface area contributed by atoms with Crippen LogP contribution in [0.2, 0.25) is 0 Å².